The Hall–Kier alpha value is -3.96. The number of allylic oxidation sites excluding steroid dienone is 3. The third-order valence-corrected chi connectivity index (χ3v) is 4.88. The minimum atomic E-state index is 0.0416. The van der Waals surface area contributed by atoms with Crippen molar-refractivity contribution < 1.29 is 0 Å². The number of benzene rings is 2. The molecule has 0 bridgehead atoms. The molecule has 0 atom stereocenters. The van der Waals surface area contributed by atoms with Crippen molar-refractivity contribution in [3.8, 4) is 12.1 Å². The van der Waals surface area contributed by atoms with Crippen LogP contribution < -0.4 is 4.90 Å². The van der Waals surface area contributed by atoms with Crippen LogP contribution in [0.4, 0.5) is 5.69 Å². The highest BCUT2D eigenvalue weighted by molar-refractivity contribution is 6.17. The molecule has 5 heteroatoms. The molecule has 5 nitrogen and oxygen atoms in total. The van der Waals surface area contributed by atoms with Gasteiger partial charge in [0.2, 0.25) is 0 Å². The van der Waals surface area contributed by atoms with Crippen LogP contribution in [-0.4, -0.2) is 24.5 Å². The average Bonchev–Trinajstić information content (AvgIpc) is 2.99. The molecule has 0 saturated carbocycles. The molecule has 0 aromatic heterocycles. The molecule has 2 aromatic carbocycles. The van der Waals surface area contributed by atoms with E-state index >= 15 is 0 Å². The van der Waals surface area contributed by atoms with Crippen LogP contribution in [0.1, 0.15) is 31.4 Å². The monoisotopic (exact) mass is 393 g/mol. The summed E-state index contributed by atoms with van der Waals surface area (Å²) < 4.78 is 0. The van der Waals surface area contributed by atoms with E-state index in [1.54, 1.807) is 0 Å². The molecule has 1 aliphatic heterocycles. The van der Waals surface area contributed by atoms with Gasteiger partial charge >= 0.3 is 0 Å². The van der Waals surface area contributed by atoms with Crippen LogP contribution in [0.5, 0.6) is 0 Å². The Morgan fingerprint density at radius 1 is 0.867 bits per heavy atom. The van der Waals surface area contributed by atoms with Crippen LogP contribution in [0.2, 0.25) is 0 Å². The molecule has 2 aromatic rings. The first-order valence-corrected chi connectivity index (χ1v) is 9.96. The smallest absolute Gasteiger partial charge is 0.177 e. The summed E-state index contributed by atoms with van der Waals surface area (Å²) in [5.41, 5.74) is 4.64. The second kappa shape index (κ2) is 10.0. The van der Waals surface area contributed by atoms with Crippen LogP contribution in [0.15, 0.2) is 82.1 Å². The van der Waals surface area contributed by atoms with E-state index in [0.29, 0.717) is 12.1 Å². The van der Waals surface area contributed by atoms with Crippen molar-refractivity contribution in [2.24, 2.45) is 9.98 Å². The summed E-state index contributed by atoms with van der Waals surface area (Å²) in [7, 11) is 0. The first-order valence-electron chi connectivity index (χ1n) is 9.96. The van der Waals surface area contributed by atoms with Crippen LogP contribution in [-0.2, 0) is 0 Å². The highest BCUT2D eigenvalue weighted by Crippen LogP contribution is 2.19. The van der Waals surface area contributed by atoms with E-state index in [4.69, 9.17) is 0 Å². The fraction of sp³-hybridized carbons (Fsp3) is 0.200. The Morgan fingerprint density at radius 3 is 2.10 bits per heavy atom. The molecule has 1 heterocycles. The van der Waals surface area contributed by atoms with Gasteiger partial charge in [0.25, 0.3) is 0 Å². The van der Waals surface area contributed by atoms with E-state index in [9.17, 15) is 10.5 Å². The summed E-state index contributed by atoms with van der Waals surface area (Å²) in [5.74, 6) is 0. The minimum Gasteiger partial charge on any atom is -0.372 e. The number of nitriles is 2. The minimum absolute atomic E-state index is 0.0416. The fourth-order valence-electron chi connectivity index (χ4n) is 3.26. The molecule has 148 valence electrons. The molecule has 0 fully saturated rings. The maximum absolute atomic E-state index is 9.44. The van der Waals surface area contributed by atoms with Crippen molar-refractivity contribution in [2.45, 2.75) is 20.3 Å². The Kier molecular flexibility index (Phi) is 6.92. The van der Waals surface area contributed by atoms with E-state index < -0.39 is 0 Å². The zero-order valence-electron chi connectivity index (χ0n) is 17.2. The summed E-state index contributed by atoms with van der Waals surface area (Å²) >= 11 is 0. The number of aliphatic imine (C=N–C) groups is 2. The molecule has 30 heavy (non-hydrogen) atoms. The van der Waals surface area contributed by atoms with Crippen molar-refractivity contribution >= 4 is 23.2 Å². The lowest BCUT2D eigenvalue weighted by Crippen LogP contribution is -2.21. The predicted octanol–water partition coefficient (Wildman–Crippen LogP) is 5.14. The number of hydrogen-bond acceptors (Lipinski definition) is 5. The van der Waals surface area contributed by atoms with Crippen LogP contribution in [0.3, 0.4) is 0 Å². The van der Waals surface area contributed by atoms with Gasteiger partial charge in [0.05, 0.1) is 5.71 Å². The molecule has 0 unspecified atom stereocenters. The second-order valence-corrected chi connectivity index (χ2v) is 6.72. The Morgan fingerprint density at radius 2 is 1.50 bits per heavy atom. The van der Waals surface area contributed by atoms with E-state index in [0.717, 1.165) is 29.9 Å². The molecule has 1 aliphatic rings. The van der Waals surface area contributed by atoms with Crippen molar-refractivity contribution in [3.05, 3.63) is 83.2 Å². The van der Waals surface area contributed by atoms with Gasteiger partial charge in [-0.05, 0) is 43.2 Å². The van der Waals surface area contributed by atoms with Crippen molar-refractivity contribution in [2.75, 3.05) is 18.0 Å². The van der Waals surface area contributed by atoms with Crippen LogP contribution in [0.25, 0.3) is 6.08 Å². The quantitative estimate of drug-likeness (QED) is 0.682. The number of hydrogen-bond donors (Lipinski definition) is 0. The summed E-state index contributed by atoms with van der Waals surface area (Å²) in [4.78, 5) is 11.1. The molecule has 0 N–H and O–H groups in total. The van der Waals surface area contributed by atoms with Gasteiger partial charge < -0.3 is 4.90 Å². The summed E-state index contributed by atoms with van der Waals surface area (Å²) in [5, 5.41) is 18.9. The van der Waals surface area contributed by atoms with Crippen LogP contribution >= 0.6 is 0 Å². The van der Waals surface area contributed by atoms with E-state index in [1.165, 1.54) is 5.69 Å². The molecule has 0 radical (unpaired) electrons. The van der Waals surface area contributed by atoms with Crippen molar-refractivity contribution in [1.29, 1.82) is 10.5 Å². The van der Waals surface area contributed by atoms with E-state index in [2.05, 4.69) is 53.0 Å². The standard InChI is InChI=1S/C25H23N5/c1-3-30(4-2)22-14-11-19(12-15-22)10-13-21-16-23(20-8-6-5-7-9-20)29-25(18-27)24(17-26)28-21/h5-15H,3-4,16H2,1-2H3/b13-10+. The lowest BCUT2D eigenvalue weighted by atomic mass is 10.0. The van der Waals surface area contributed by atoms with Gasteiger partial charge in [-0.25, -0.2) is 9.98 Å². The summed E-state index contributed by atoms with van der Waals surface area (Å²) in [6.07, 6.45) is 4.30. The maximum atomic E-state index is 9.44. The molecular formula is C25H23N5. The first-order chi connectivity index (χ1) is 14.7. The Balaban J connectivity index is 1.90. The Bertz CT molecular complexity index is 1090. The van der Waals surface area contributed by atoms with Crippen LogP contribution in [0, 0.1) is 22.7 Å². The van der Waals surface area contributed by atoms with Gasteiger partial charge in [-0.3, -0.25) is 0 Å². The lowest BCUT2D eigenvalue weighted by molar-refractivity contribution is 0.866. The van der Waals surface area contributed by atoms with Gasteiger partial charge in [0.15, 0.2) is 11.4 Å². The molecule has 0 spiro atoms. The largest absolute Gasteiger partial charge is 0.372 e. The van der Waals surface area contributed by atoms with E-state index in [1.807, 2.05) is 54.6 Å². The van der Waals surface area contributed by atoms with Gasteiger partial charge in [-0.15, -0.1) is 0 Å². The topological polar surface area (TPSA) is 75.5 Å². The first kappa shape index (κ1) is 20.8. The number of rotatable bonds is 6. The second-order valence-electron chi connectivity index (χ2n) is 6.72. The predicted molar refractivity (Wildman–Crippen MR) is 122 cm³/mol. The lowest BCUT2D eigenvalue weighted by Gasteiger charge is -2.20. The van der Waals surface area contributed by atoms with Gasteiger partial charge in [-0.2, -0.15) is 10.5 Å². The molecule has 0 amide bonds. The summed E-state index contributed by atoms with van der Waals surface area (Å²) in [6, 6.07) is 22.0. The molecule has 3 rings (SSSR count). The molecule has 0 saturated heterocycles. The Labute approximate surface area is 177 Å². The SMILES string of the molecule is CCN(CC)c1ccc(/C=C/C2=NC(C#N)=C(C#N)N=C(c3ccccc3)C2)cc1. The zero-order valence-corrected chi connectivity index (χ0v) is 17.2. The third-order valence-electron chi connectivity index (χ3n) is 4.88. The maximum Gasteiger partial charge on any atom is 0.177 e. The molecule has 0 aliphatic carbocycles. The van der Waals surface area contributed by atoms with Gasteiger partial charge in [0, 0.05) is 30.9 Å². The fourth-order valence-corrected chi connectivity index (χ4v) is 3.26. The van der Waals surface area contributed by atoms with E-state index in [-0.39, 0.29) is 11.4 Å². The van der Waals surface area contributed by atoms with Crippen molar-refractivity contribution in [3.63, 3.8) is 0 Å². The van der Waals surface area contributed by atoms with Gasteiger partial charge in [0.1, 0.15) is 12.1 Å². The normalized spacial score (nSPS) is 13.9. The number of nitrogens with zero attached hydrogens (tertiary/aromatic N) is 5. The highest BCUT2D eigenvalue weighted by atomic mass is 15.1. The highest BCUT2D eigenvalue weighted by Gasteiger charge is 2.15. The average molecular weight is 393 g/mol. The number of anilines is 1. The van der Waals surface area contributed by atoms with Crippen molar-refractivity contribution in [1.82, 2.24) is 0 Å². The zero-order chi connectivity index (χ0) is 21.3. The summed E-state index contributed by atoms with van der Waals surface area (Å²) in [6.45, 7) is 6.22. The van der Waals surface area contributed by atoms with Gasteiger partial charge in [-0.1, -0.05) is 48.5 Å². The third kappa shape index (κ3) is 4.90. The molecular weight excluding hydrogens is 370 g/mol.